The number of amides is 1. The Balaban J connectivity index is 2.09. The van der Waals surface area contributed by atoms with Crippen molar-refractivity contribution in [1.29, 1.82) is 0 Å². The minimum absolute atomic E-state index is 0.0828. The van der Waals surface area contributed by atoms with Crippen molar-refractivity contribution in [3.05, 3.63) is 35.9 Å². The third-order valence-electron chi connectivity index (χ3n) is 4.02. The summed E-state index contributed by atoms with van der Waals surface area (Å²) in [6, 6.07) is 9.57. The van der Waals surface area contributed by atoms with Crippen molar-refractivity contribution in [2.24, 2.45) is 5.92 Å². The number of nitrogens with one attached hydrogen (secondary N) is 1. The maximum absolute atomic E-state index is 12.2. The molecule has 0 saturated carbocycles. The molecule has 1 aliphatic rings. The third kappa shape index (κ3) is 6.49. The Morgan fingerprint density at radius 2 is 2.04 bits per heavy atom. The molecule has 1 N–H and O–H groups in total. The molecule has 25 heavy (non-hydrogen) atoms. The highest BCUT2D eigenvalue weighted by atomic mass is 127. The lowest BCUT2D eigenvalue weighted by Crippen LogP contribution is -2.46. The molecule has 138 valence electrons. The molecule has 0 bridgehead atoms. The zero-order valence-electron chi connectivity index (χ0n) is 15.0. The summed E-state index contributed by atoms with van der Waals surface area (Å²) in [6.45, 7) is 5.47. The molecule has 1 fully saturated rings. The second-order valence-electron chi connectivity index (χ2n) is 7.33. The molecular formula is C19H26INO4. The van der Waals surface area contributed by atoms with E-state index >= 15 is 0 Å². The van der Waals surface area contributed by atoms with Gasteiger partial charge in [-0.2, -0.15) is 0 Å². The number of halogens is 1. The van der Waals surface area contributed by atoms with Crippen molar-refractivity contribution in [2.75, 3.05) is 4.43 Å². The van der Waals surface area contributed by atoms with E-state index in [-0.39, 0.29) is 24.0 Å². The van der Waals surface area contributed by atoms with Crippen molar-refractivity contribution >= 4 is 34.7 Å². The summed E-state index contributed by atoms with van der Waals surface area (Å²) in [7, 11) is 0. The topological polar surface area (TPSA) is 64.6 Å². The molecule has 2 rings (SSSR count). The molecule has 0 aromatic heterocycles. The maximum atomic E-state index is 12.2. The summed E-state index contributed by atoms with van der Waals surface area (Å²) in [5.41, 5.74) is 0.509. The average Bonchev–Trinajstić information content (AvgIpc) is 2.87. The van der Waals surface area contributed by atoms with Gasteiger partial charge in [-0.05, 0) is 45.6 Å². The van der Waals surface area contributed by atoms with Crippen LogP contribution in [0.2, 0.25) is 0 Å². The van der Waals surface area contributed by atoms with E-state index in [0.29, 0.717) is 12.8 Å². The quantitative estimate of drug-likeness (QED) is 0.399. The zero-order chi connectivity index (χ0) is 18.4. The molecule has 1 aliphatic heterocycles. The Hall–Kier alpha value is -1.31. The molecular weight excluding hydrogens is 433 g/mol. The van der Waals surface area contributed by atoms with Crippen LogP contribution in [0.4, 0.5) is 4.79 Å². The first-order valence-corrected chi connectivity index (χ1v) is 10.1. The van der Waals surface area contributed by atoms with Crippen LogP contribution in [-0.2, 0) is 20.7 Å². The van der Waals surface area contributed by atoms with Crippen LogP contribution in [0.25, 0.3) is 0 Å². The Bertz CT molecular complexity index is 585. The second-order valence-corrected chi connectivity index (χ2v) is 8.41. The largest absolute Gasteiger partial charge is 0.460 e. The van der Waals surface area contributed by atoms with Crippen LogP contribution >= 0.6 is 22.6 Å². The Labute approximate surface area is 163 Å². The molecule has 0 spiro atoms. The molecule has 1 aromatic carbocycles. The first kappa shape index (κ1) is 20.0. The number of hydrogen-bond donors (Lipinski definition) is 1. The fourth-order valence-corrected chi connectivity index (χ4v) is 3.64. The first-order chi connectivity index (χ1) is 11.8. The third-order valence-corrected chi connectivity index (χ3v) is 4.65. The van der Waals surface area contributed by atoms with E-state index in [1.54, 1.807) is 0 Å². The zero-order valence-corrected chi connectivity index (χ0v) is 17.1. The van der Waals surface area contributed by atoms with Crippen LogP contribution < -0.4 is 5.32 Å². The number of benzene rings is 1. The molecule has 3 atom stereocenters. The number of rotatable bonds is 6. The fraction of sp³-hybridized carbons (Fsp3) is 0.579. The molecule has 6 heteroatoms. The molecule has 1 saturated heterocycles. The molecule has 0 radical (unpaired) electrons. The number of carbonyl (C=O) groups excluding carboxylic acids is 2. The summed E-state index contributed by atoms with van der Waals surface area (Å²) < 4.78 is 11.9. The number of cyclic esters (lactones) is 1. The van der Waals surface area contributed by atoms with Gasteiger partial charge in [0.2, 0.25) is 0 Å². The number of alkyl carbamates (subject to hydrolysis) is 1. The summed E-state index contributed by atoms with van der Waals surface area (Å²) in [5.74, 6) is -0.244. The van der Waals surface area contributed by atoms with Crippen LogP contribution in [0.3, 0.4) is 0 Å². The lowest BCUT2D eigenvalue weighted by Gasteiger charge is -2.26. The van der Waals surface area contributed by atoms with Gasteiger partial charge in [0.1, 0.15) is 11.7 Å². The predicted molar refractivity (Wildman–Crippen MR) is 105 cm³/mol. The predicted octanol–water partition coefficient (Wildman–Crippen LogP) is 3.88. The van der Waals surface area contributed by atoms with Gasteiger partial charge in [0.15, 0.2) is 0 Å². The van der Waals surface area contributed by atoms with Crippen LogP contribution in [0.15, 0.2) is 30.3 Å². The average molecular weight is 459 g/mol. The molecule has 1 heterocycles. The second kappa shape index (κ2) is 8.87. The van der Waals surface area contributed by atoms with Gasteiger partial charge in [0.25, 0.3) is 0 Å². The smallest absolute Gasteiger partial charge is 0.408 e. The van der Waals surface area contributed by atoms with Crippen LogP contribution in [0.5, 0.6) is 0 Å². The summed E-state index contributed by atoms with van der Waals surface area (Å²) >= 11 is 2.27. The first-order valence-electron chi connectivity index (χ1n) is 8.58. The summed E-state index contributed by atoms with van der Waals surface area (Å²) in [4.78, 5) is 24.3. The maximum Gasteiger partial charge on any atom is 0.408 e. The van der Waals surface area contributed by atoms with Gasteiger partial charge >= 0.3 is 12.1 Å². The Morgan fingerprint density at radius 1 is 1.36 bits per heavy atom. The van der Waals surface area contributed by atoms with E-state index in [1.807, 2.05) is 51.1 Å². The lowest BCUT2D eigenvalue weighted by atomic mass is 9.95. The van der Waals surface area contributed by atoms with Gasteiger partial charge in [0.05, 0.1) is 12.0 Å². The highest BCUT2D eigenvalue weighted by Gasteiger charge is 2.39. The van der Waals surface area contributed by atoms with Gasteiger partial charge in [-0.15, -0.1) is 0 Å². The number of ether oxygens (including phenoxy) is 2. The minimum Gasteiger partial charge on any atom is -0.460 e. The fourth-order valence-electron chi connectivity index (χ4n) is 2.89. The summed E-state index contributed by atoms with van der Waals surface area (Å²) in [5, 5.41) is 2.91. The minimum atomic E-state index is -0.572. The van der Waals surface area contributed by atoms with Gasteiger partial charge in [0, 0.05) is 4.43 Å². The number of esters is 1. The van der Waals surface area contributed by atoms with Crippen molar-refractivity contribution in [3.63, 3.8) is 0 Å². The standard InChI is InChI=1S/C19H26INO4/c1-19(2,3)25-18(23)21-15(11-13-7-5-4-6-8-13)16-12-14(9-10-20)17(22)24-16/h4-8,14-16H,9-12H2,1-3H3,(H,21,23)/t14?,15-,16-/m0/s1. The molecule has 1 unspecified atom stereocenters. The van der Waals surface area contributed by atoms with Crippen molar-refractivity contribution < 1.29 is 19.1 Å². The molecule has 5 nitrogen and oxygen atoms in total. The van der Waals surface area contributed by atoms with Gasteiger partial charge in [-0.3, -0.25) is 4.79 Å². The SMILES string of the molecule is CC(C)(C)OC(=O)N[C@@H](Cc1ccccc1)[C@@H]1CC(CCI)C(=O)O1. The Kier molecular flexibility index (Phi) is 7.10. The highest BCUT2D eigenvalue weighted by Crippen LogP contribution is 2.28. The van der Waals surface area contributed by atoms with Crippen molar-refractivity contribution in [3.8, 4) is 0 Å². The molecule has 1 amide bonds. The normalized spacial score (nSPS) is 21.5. The van der Waals surface area contributed by atoms with E-state index in [9.17, 15) is 9.59 Å². The lowest BCUT2D eigenvalue weighted by molar-refractivity contribution is -0.145. The summed E-state index contributed by atoms with van der Waals surface area (Å²) in [6.07, 6.45) is 1.22. The van der Waals surface area contributed by atoms with Crippen LogP contribution in [-0.4, -0.2) is 34.2 Å². The van der Waals surface area contributed by atoms with Crippen molar-refractivity contribution in [2.45, 2.75) is 57.8 Å². The number of hydrogen-bond acceptors (Lipinski definition) is 4. The Morgan fingerprint density at radius 3 is 2.64 bits per heavy atom. The number of carbonyl (C=O) groups is 2. The van der Waals surface area contributed by atoms with E-state index in [4.69, 9.17) is 9.47 Å². The van der Waals surface area contributed by atoms with Gasteiger partial charge < -0.3 is 14.8 Å². The number of alkyl halides is 1. The molecule has 1 aromatic rings. The highest BCUT2D eigenvalue weighted by molar-refractivity contribution is 14.1. The van der Waals surface area contributed by atoms with E-state index in [0.717, 1.165) is 16.4 Å². The molecule has 0 aliphatic carbocycles. The van der Waals surface area contributed by atoms with E-state index < -0.39 is 11.7 Å². The van der Waals surface area contributed by atoms with Gasteiger partial charge in [-0.1, -0.05) is 52.9 Å². The van der Waals surface area contributed by atoms with Crippen LogP contribution in [0, 0.1) is 5.92 Å². The van der Waals surface area contributed by atoms with Crippen molar-refractivity contribution in [1.82, 2.24) is 5.32 Å². The van der Waals surface area contributed by atoms with E-state index in [2.05, 4.69) is 27.9 Å². The van der Waals surface area contributed by atoms with Crippen LogP contribution in [0.1, 0.15) is 39.2 Å². The van der Waals surface area contributed by atoms with Gasteiger partial charge in [-0.25, -0.2) is 4.79 Å². The monoisotopic (exact) mass is 459 g/mol. The van der Waals surface area contributed by atoms with E-state index in [1.165, 1.54) is 0 Å².